The highest BCUT2D eigenvalue weighted by Crippen LogP contribution is 1.91. The summed E-state index contributed by atoms with van der Waals surface area (Å²) in [5.74, 6) is 0. The van der Waals surface area contributed by atoms with Gasteiger partial charge in [-0.3, -0.25) is 0 Å². The number of ether oxygens (including phenoxy) is 1. The smallest absolute Gasteiger partial charge is 0.105 e. The number of nitrogens with one attached hydrogen (secondary N) is 1. The fraction of sp³-hybridized carbons (Fsp3) is 0.600. The third-order valence-corrected chi connectivity index (χ3v) is 0.884. The van der Waals surface area contributed by atoms with E-state index in [9.17, 15) is 0 Å². The Morgan fingerprint density at radius 2 is 2.71 bits per heavy atom. The van der Waals surface area contributed by atoms with Crippen LogP contribution < -0.4 is 5.32 Å². The average Bonchev–Trinajstić information content (AvgIpc) is 1.69. The standard InChI is InChI=1S/C5H9NO/c1-5-4-7-3-2-6-5/h4,6H,2-3H2,1H3. The minimum atomic E-state index is 0.803. The van der Waals surface area contributed by atoms with Crippen molar-refractivity contribution < 1.29 is 4.74 Å². The summed E-state index contributed by atoms with van der Waals surface area (Å²) < 4.78 is 4.96. The molecule has 2 heteroatoms. The van der Waals surface area contributed by atoms with Crippen LogP contribution in [0, 0.1) is 0 Å². The lowest BCUT2D eigenvalue weighted by Crippen LogP contribution is -2.21. The first-order chi connectivity index (χ1) is 3.39. The van der Waals surface area contributed by atoms with Crippen LogP contribution in [0.5, 0.6) is 0 Å². The molecule has 1 rings (SSSR count). The SMILES string of the molecule is CC1=COCCN1. The molecule has 1 aliphatic heterocycles. The number of rotatable bonds is 0. The van der Waals surface area contributed by atoms with E-state index in [0.29, 0.717) is 0 Å². The maximum Gasteiger partial charge on any atom is 0.105 e. The van der Waals surface area contributed by atoms with Crippen molar-refractivity contribution in [1.29, 1.82) is 0 Å². The van der Waals surface area contributed by atoms with Crippen molar-refractivity contribution in [2.75, 3.05) is 13.2 Å². The van der Waals surface area contributed by atoms with Crippen molar-refractivity contribution in [3.05, 3.63) is 12.0 Å². The summed E-state index contributed by atoms with van der Waals surface area (Å²) in [6, 6.07) is 0. The fourth-order valence-corrected chi connectivity index (χ4v) is 0.533. The highest BCUT2D eigenvalue weighted by Gasteiger charge is 1.92. The normalized spacial score (nSPS) is 19.3. The second-order valence-electron chi connectivity index (χ2n) is 1.60. The summed E-state index contributed by atoms with van der Waals surface area (Å²) in [4.78, 5) is 0. The molecule has 0 saturated heterocycles. The van der Waals surface area contributed by atoms with Crippen LogP contribution in [0.2, 0.25) is 0 Å². The summed E-state index contributed by atoms with van der Waals surface area (Å²) in [7, 11) is 0. The van der Waals surface area contributed by atoms with E-state index in [1.807, 2.05) is 6.92 Å². The monoisotopic (exact) mass is 99.1 g/mol. The second kappa shape index (κ2) is 1.87. The van der Waals surface area contributed by atoms with Crippen LogP contribution in [0.3, 0.4) is 0 Å². The van der Waals surface area contributed by atoms with Gasteiger partial charge in [0.2, 0.25) is 0 Å². The van der Waals surface area contributed by atoms with Crippen molar-refractivity contribution in [1.82, 2.24) is 5.32 Å². The summed E-state index contributed by atoms with van der Waals surface area (Å²) in [6.45, 7) is 3.73. The Kier molecular flexibility index (Phi) is 1.20. The van der Waals surface area contributed by atoms with Crippen LogP contribution in [-0.2, 0) is 4.74 Å². The molecule has 0 radical (unpaired) electrons. The summed E-state index contributed by atoms with van der Waals surface area (Å²) in [5.41, 5.74) is 1.12. The zero-order valence-corrected chi connectivity index (χ0v) is 4.40. The Balaban J connectivity index is 2.40. The van der Waals surface area contributed by atoms with Crippen LogP contribution in [0.1, 0.15) is 6.92 Å². The molecule has 1 N–H and O–H groups in total. The van der Waals surface area contributed by atoms with Gasteiger partial charge in [0.1, 0.15) is 12.9 Å². The van der Waals surface area contributed by atoms with Gasteiger partial charge in [-0.1, -0.05) is 0 Å². The quantitative estimate of drug-likeness (QED) is 0.476. The molecule has 0 bridgehead atoms. The molecule has 0 aliphatic carbocycles. The molecular formula is C5H9NO. The van der Waals surface area contributed by atoms with Crippen molar-refractivity contribution in [2.45, 2.75) is 6.92 Å². The Labute approximate surface area is 43.2 Å². The summed E-state index contributed by atoms with van der Waals surface area (Å²) in [6.07, 6.45) is 1.74. The van der Waals surface area contributed by atoms with Gasteiger partial charge in [-0.2, -0.15) is 0 Å². The highest BCUT2D eigenvalue weighted by molar-refractivity contribution is 4.91. The molecule has 0 unspecified atom stereocenters. The number of hydrogen-bond acceptors (Lipinski definition) is 2. The van der Waals surface area contributed by atoms with Crippen molar-refractivity contribution >= 4 is 0 Å². The van der Waals surface area contributed by atoms with Crippen LogP contribution in [0.4, 0.5) is 0 Å². The topological polar surface area (TPSA) is 21.3 Å². The third kappa shape index (κ3) is 1.11. The van der Waals surface area contributed by atoms with Crippen LogP contribution >= 0.6 is 0 Å². The first-order valence-electron chi connectivity index (χ1n) is 2.42. The van der Waals surface area contributed by atoms with Gasteiger partial charge in [0, 0.05) is 12.2 Å². The van der Waals surface area contributed by atoms with E-state index in [-0.39, 0.29) is 0 Å². The molecule has 0 amide bonds. The molecule has 2 nitrogen and oxygen atoms in total. The predicted molar refractivity (Wildman–Crippen MR) is 27.7 cm³/mol. The van der Waals surface area contributed by atoms with Gasteiger partial charge in [-0.25, -0.2) is 0 Å². The van der Waals surface area contributed by atoms with Gasteiger partial charge in [0.15, 0.2) is 0 Å². The maximum absolute atomic E-state index is 4.96. The van der Waals surface area contributed by atoms with E-state index in [0.717, 1.165) is 18.8 Å². The Morgan fingerprint density at radius 1 is 1.86 bits per heavy atom. The maximum atomic E-state index is 4.96. The molecule has 0 aromatic rings. The molecule has 1 aliphatic rings. The van der Waals surface area contributed by atoms with Crippen molar-refractivity contribution in [3.8, 4) is 0 Å². The van der Waals surface area contributed by atoms with E-state index < -0.39 is 0 Å². The number of hydrogen-bond donors (Lipinski definition) is 1. The van der Waals surface area contributed by atoms with Gasteiger partial charge in [0.25, 0.3) is 0 Å². The first kappa shape index (κ1) is 4.50. The zero-order chi connectivity index (χ0) is 5.11. The molecule has 0 aromatic heterocycles. The highest BCUT2D eigenvalue weighted by atomic mass is 16.5. The van der Waals surface area contributed by atoms with Gasteiger partial charge in [-0.05, 0) is 6.92 Å². The first-order valence-corrected chi connectivity index (χ1v) is 2.42. The van der Waals surface area contributed by atoms with Gasteiger partial charge in [-0.15, -0.1) is 0 Å². The van der Waals surface area contributed by atoms with E-state index in [2.05, 4.69) is 5.32 Å². The van der Waals surface area contributed by atoms with Crippen LogP contribution in [-0.4, -0.2) is 13.2 Å². The van der Waals surface area contributed by atoms with Crippen LogP contribution in [0.15, 0.2) is 12.0 Å². The summed E-state index contributed by atoms with van der Waals surface area (Å²) >= 11 is 0. The lowest BCUT2D eigenvalue weighted by molar-refractivity contribution is 0.230. The van der Waals surface area contributed by atoms with Crippen molar-refractivity contribution in [3.63, 3.8) is 0 Å². The average molecular weight is 99.1 g/mol. The molecule has 0 fully saturated rings. The van der Waals surface area contributed by atoms with E-state index in [1.54, 1.807) is 6.26 Å². The fourth-order valence-electron chi connectivity index (χ4n) is 0.533. The molecule has 40 valence electrons. The Morgan fingerprint density at radius 3 is 3.00 bits per heavy atom. The largest absolute Gasteiger partial charge is 0.498 e. The van der Waals surface area contributed by atoms with Crippen molar-refractivity contribution in [2.24, 2.45) is 0 Å². The Bertz CT molecular complexity index is 88.1. The summed E-state index contributed by atoms with van der Waals surface area (Å²) in [5, 5.41) is 3.12. The molecule has 0 aromatic carbocycles. The molecule has 1 heterocycles. The van der Waals surface area contributed by atoms with E-state index >= 15 is 0 Å². The minimum absolute atomic E-state index is 0.803. The number of allylic oxidation sites excluding steroid dienone is 1. The van der Waals surface area contributed by atoms with Crippen LogP contribution in [0.25, 0.3) is 0 Å². The molecule has 0 atom stereocenters. The molecule has 0 spiro atoms. The van der Waals surface area contributed by atoms with Gasteiger partial charge < -0.3 is 10.1 Å². The Hall–Kier alpha value is -0.660. The van der Waals surface area contributed by atoms with Gasteiger partial charge >= 0.3 is 0 Å². The second-order valence-corrected chi connectivity index (χ2v) is 1.60. The van der Waals surface area contributed by atoms with E-state index in [4.69, 9.17) is 4.74 Å². The predicted octanol–water partition coefficient (Wildman–Crippen LogP) is 0.468. The van der Waals surface area contributed by atoms with E-state index in [1.165, 1.54) is 0 Å². The zero-order valence-electron chi connectivity index (χ0n) is 4.40. The molecule has 7 heavy (non-hydrogen) atoms. The van der Waals surface area contributed by atoms with Gasteiger partial charge in [0.05, 0.1) is 0 Å². The molecule has 0 saturated carbocycles. The minimum Gasteiger partial charge on any atom is -0.498 e. The molecular weight excluding hydrogens is 90.1 g/mol. The lowest BCUT2D eigenvalue weighted by Gasteiger charge is -2.11. The lowest BCUT2D eigenvalue weighted by atomic mass is 10.5. The third-order valence-electron chi connectivity index (χ3n) is 0.884.